The summed E-state index contributed by atoms with van der Waals surface area (Å²) in [5, 5.41) is 2.76. The Morgan fingerprint density at radius 1 is 1.09 bits per heavy atom. The van der Waals surface area contributed by atoms with Gasteiger partial charge in [-0.2, -0.15) is 0 Å². The molecular formula is C28H34FN3O3. The smallest absolute Gasteiger partial charge is 0.254 e. The van der Waals surface area contributed by atoms with Crippen molar-refractivity contribution >= 4 is 17.7 Å². The molecule has 0 bridgehead atoms. The highest BCUT2D eigenvalue weighted by molar-refractivity contribution is 5.98. The summed E-state index contributed by atoms with van der Waals surface area (Å²) in [5.41, 5.74) is 1.34. The SMILES string of the molecule is Cc1ccc(F)c(C(=O)N[C@@H](C(=O)N2CCC3(CC2)C(=O)N(C)CC3c2ccccc2)C(C)C)c1. The van der Waals surface area contributed by atoms with E-state index >= 15 is 0 Å². The normalized spacial score (nSPS) is 20.4. The van der Waals surface area contributed by atoms with Crippen molar-refractivity contribution in [2.24, 2.45) is 11.3 Å². The second kappa shape index (κ2) is 9.80. The van der Waals surface area contributed by atoms with Gasteiger partial charge in [-0.3, -0.25) is 14.4 Å². The Kier molecular flexibility index (Phi) is 6.97. The molecule has 1 unspecified atom stereocenters. The summed E-state index contributed by atoms with van der Waals surface area (Å²) in [4.78, 5) is 43.1. The molecule has 2 heterocycles. The third-order valence-corrected chi connectivity index (χ3v) is 7.65. The van der Waals surface area contributed by atoms with Gasteiger partial charge in [0.1, 0.15) is 11.9 Å². The standard InChI is InChI=1S/C28H34FN3O3/c1-18(2)24(30-25(33)21-16-19(3)10-11-23(21)29)26(34)32-14-12-28(13-15-32)22(17-31(4)27(28)35)20-8-6-5-7-9-20/h5-11,16,18,22,24H,12-15,17H2,1-4H3,(H,30,33)/t22?,24-/m1/s1. The Labute approximate surface area is 206 Å². The van der Waals surface area contributed by atoms with Gasteiger partial charge < -0.3 is 15.1 Å². The predicted octanol–water partition coefficient (Wildman–Crippen LogP) is 3.75. The summed E-state index contributed by atoms with van der Waals surface area (Å²) in [7, 11) is 1.85. The minimum absolute atomic E-state index is 0.0636. The van der Waals surface area contributed by atoms with E-state index in [-0.39, 0.29) is 29.2 Å². The van der Waals surface area contributed by atoms with Gasteiger partial charge in [-0.25, -0.2) is 4.39 Å². The van der Waals surface area contributed by atoms with Crippen LogP contribution in [0, 0.1) is 24.1 Å². The highest BCUT2D eigenvalue weighted by Crippen LogP contribution is 2.50. The van der Waals surface area contributed by atoms with Crippen LogP contribution in [0.4, 0.5) is 4.39 Å². The molecule has 2 aromatic carbocycles. The number of benzene rings is 2. The molecule has 2 fully saturated rings. The summed E-state index contributed by atoms with van der Waals surface area (Å²) < 4.78 is 14.2. The van der Waals surface area contributed by atoms with Crippen molar-refractivity contribution in [1.29, 1.82) is 0 Å². The molecule has 4 rings (SSSR count). The number of hydrogen-bond donors (Lipinski definition) is 1. The molecule has 0 aromatic heterocycles. The van der Waals surface area contributed by atoms with Crippen LogP contribution in [0.3, 0.4) is 0 Å². The fraction of sp³-hybridized carbons (Fsp3) is 0.464. The van der Waals surface area contributed by atoms with E-state index in [1.54, 1.807) is 17.9 Å². The third-order valence-electron chi connectivity index (χ3n) is 7.65. The van der Waals surface area contributed by atoms with Gasteiger partial charge in [0, 0.05) is 32.6 Å². The minimum atomic E-state index is -0.775. The maximum atomic E-state index is 14.2. The van der Waals surface area contributed by atoms with Gasteiger partial charge in [-0.15, -0.1) is 0 Å². The van der Waals surface area contributed by atoms with Crippen LogP contribution in [0.5, 0.6) is 0 Å². The van der Waals surface area contributed by atoms with E-state index in [9.17, 15) is 18.8 Å². The zero-order chi connectivity index (χ0) is 25.3. The van der Waals surface area contributed by atoms with Crippen LogP contribution in [0.25, 0.3) is 0 Å². The monoisotopic (exact) mass is 479 g/mol. The molecule has 1 spiro atoms. The van der Waals surface area contributed by atoms with Crippen LogP contribution in [0.1, 0.15) is 54.1 Å². The van der Waals surface area contributed by atoms with E-state index in [1.165, 1.54) is 12.1 Å². The minimum Gasteiger partial charge on any atom is -0.345 e. The van der Waals surface area contributed by atoms with Crippen molar-refractivity contribution in [1.82, 2.24) is 15.1 Å². The van der Waals surface area contributed by atoms with Crippen molar-refractivity contribution in [3.8, 4) is 0 Å². The largest absolute Gasteiger partial charge is 0.345 e. The van der Waals surface area contributed by atoms with E-state index in [0.29, 0.717) is 32.5 Å². The van der Waals surface area contributed by atoms with Crippen LogP contribution in [-0.4, -0.2) is 60.2 Å². The van der Waals surface area contributed by atoms with Gasteiger partial charge in [0.25, 0.3) is 5.91 Å². The first-order valence-electron chi connectivity index (χ1n) is 12.3. The average Bonchev–Trinajstić information content (AvgIpc) is 3.09. The lowest BCUT2D eigenvalue weighted by Crippen LogP contribution is -2.55. The second-order valence-corrected chi connectivity index (χ2v) is 10.3. The van der Waals surface area contributed by atoms with Crippen LogP contribution in [-0.2, 0) is 9.59 Å². The first kappa shape index (κ1) is 24.9. The molecule has 2 aromatic rings. The number of amides is 3. The second-order valence-electron chi connectivity index (χ2n) is 10.3. The first-order chi connectivity index (χ1) is 16.6. The summed E-state index contributed by atoms with van der Waals surface area (Å²) in [6.07, 6.45) is 1.15. The maximum absolute atomic E-state index is 14.2. The molecular weight excluding hydrogens is 445 g/mol. The van der Waals surface area contributed by atoms with Crippen molar-refractivity contribution in [2.45, 2.75) is 45.6 Å². The number of likely N-dealkylation sites (tertiary alicyclic amines) is 2. The number of halogens is 1. The van der Waals surface area contributed by atoms with Crippen LogP contribution in [0.15, 0.2) is 48.5 Å². The Morgan fingerprint density at radius 3 is 2.37 bits per heavy atom. The first-order valence-corrected chi connectivity index (χ1v) is 12.3. The van der Waals surface area contributed by atoms with Crippen molar-refractivity contribution in [2.75, 3.05) is 26.7 Å². The summed E-state index contributed by atoms with van der Waals surface area (Å²) in [6.45, 7) is 7.07. The molecule has 1 N–H and O–H groups in total. The number of hydrogen-bond acceptors (Lipinski definition) is 3. The fourth-order valence-electron chi connectivity index (χ4n) is 5.60. The third kappa shape index (κ3) is 4.68. The molecule has 2 aliphatic rings. The van der Waals surface area contributed by atoms with Crippen molar-refractivity contribution < 1.29 is 18.8 Å². The topological polar surface area (TPSA) is 69.7 Å². The Hall–Kier alpha value is -3.22. The molecule has 2 saturated heterocycles. The molecule has 7 heteroatoms. The van der Waals surface area contributed by atoms with Crippen LogP contribution < -0.4 is 5.32 Å². The molecule has 2 atom stereocenters. The number of nitrogens with zero attached hydrogens (tertiary/aromatic N) is 2. The van der Waals surface area contributed by atoms with Crippen LogP contribution >= 0.6 is 0 Å². The molecule has 0 saturated carbocycles. The molecule has 2 aliphatic heterocycles. The predicted molar refractivity (Wildman–Crippen MR) is 132 cm³/mol. The van der Waals surface area contributed by atoms with Crippen molar-refractivity contribution in [3.63, 3.8) is 0 Å². The van der Waals surface area contributed by atoms with E-state index in [4.69, 9.17) is 0 Å². The van der Waals surface area contributed by atoms with Crippen molar-refractivity contribution in [3.05, 3.63) is 71.0 Å². The molecule has 3 amide bonds. The highest BCUT2D eigenvalue weighted by atomic mass is 19.1. The Balaban J connectivity index is 1.49. The summed E-state index contributed by atoms with van der Waals surface area (Å²) in [6, 6.07) is 13.7. The number of nitrogens with one attached hydrogen (secondary N) is 1. The Bertz CT molecular complexity index is 1110. The van der Waals surface area contributed by atoms with Gasteiger partial charge in [0.05, 0.1) is 11.0 Å². The number of carbonyl (C=O) groups is 3. The summed E-state index contributed by atoms with van der Waals surface area (Å²) in [5.74, 6) is -1.34. The van der Waals surface area contributed by atoms with E-state index in [2.05, 4.69) is 17.4 Å². The lowest BCUT2D eigenvalue weighted by atomic mass is 9.68. The molecule has 0 aliphatic carbocycles. The summed E-state index contributed by atoms with van der Waals surface area (Å²) >= 11 is 0. The fourth-order valence-corrected chi connectivity index (χ4v) is 5.60. The van der Waals surface area contributed by atoms with Gasteiger partial charge in [0.15, 0.2) is 0 Å². The number of carbonyl (C=O) groups excluding carboxylic acids is 3. The number of rotatable bonds is 5. The van der Waals surface area contributed by atoms with Gasteiger partial charge in [0.2, 0.25) is 11.8 Å². The zero-order valence-electron chi connectivity index (χ0n) is 20.9. The van der Waals surface area contributed by atoms with E-state index < -0.39 is 23.2 Å². The molecule has 0 radical (unpaired) electrons. The lowest BCUT2D eigenvalue weighted by Gasteiger charge is -2.42. The van der Waals surface area contributed by atoms with Gasteiger partial charge in [-0.1, -0.05) is 55.8 Å². The average molecular weight is 480 g/mol. The zero-order valence-corrected chi connectivity index (χ0v) is 20.9. The lowest BCUT2D eigenvalue weighted by molar-refractivity contribution is -0.143. The number of piperidine rings is 1. The maximum Gasteiger partial charge on any atom is 0.254 e. The molecule has 35 heavy (non-hydrogen) atoms. The van der Waals surface area contributed by atoms with Gasteiger partial charge >= 0.3 is 0 Å². The van der Waals surface area contributed by atoms with E-state index in [1.807, 2.05) is 44.0 Å². The van der Waals surface area contributed by atoms with Gasteiger partial charge in [-0.05, 0) is 43.4 Å². The highest BCUT2D eigenvalue weighted by Gasteiger charge is 2.54. The quantitative estimate of drug-likeness (QED) is 0.710. The van der Waals surface area contributed by atoms with E-state index in [0.717, 1.165) is 11.1 Å². The Morgan fingerprint density at radius 2 is 1.74 bits per heavy atom. The number of aryl methyl sites for hydroxylation is 1. The molecule has 186 valence electrons. The molecule has 6 nitrogen and oxygen atoms in total. The number of likely N-dealkylation sites (N-methyl/N-ethyl adjacent to an activating group) is 1. The van der Waals surface area contributed by atoms with Crippen LogP contribution in [0.2, 0.25) is 0 Å².